The highest BCUT2D eigenvalue weighted by molar-refractivity contribution is 14.1. The van der Waals surface area contributed by atoms with Crippen molar-refractivity contribution in [1.29, 1.82) is 0 Å². The summed E-state index contributed by atoms with van der Waals surface area (Å²) >= 11 is 2.17. The molecule has 0 bridgehead atoms. The molecular formula is C12H20INO3. The number of furan rings is 1. The molecule has 0 aliphatic rings. The number of ether oxygens (including phenoxy) is 2. The van der Waals surface area contributed by atoms with E-state index in [1.165, 1.54) is 0 Å². The molecule has 0 fully saturated rings. The van der Waals surface area contributed by atoms with E-state index in [9.17, 15) is 0 Å². The van der Waals surface area contributed by atoms with Crippen LogP contribution in [0.4, 0.5) is 0 Å². The van der Waals surface area contributed by atoms with Gasteiger partial charge in [0.05, 0.1) is 19.8 Å². The fourth-order valence-electron chi connectivity index (χ4n) is 1.36. The van der Waals surface area contributed by atoms with Crippen molar-refractivity contribution >= 4 is 22.6 Å². The van der Waals surface area contributed by atoms with Gasteiger partial charge in [0.25, 0.3) is 0 Å². The van der Waals surface area contributed by atoms with Crippen LogP contribution in [-0.4, -0.2) is 33.5 Å². The zero-order valence-corrected chi connectivity index (χ0v) is 12.4. The summed E-state index contributed by atoms with van der Waals surface area (Å²) in [6, 6.07) is 3.98. The molecule has 1 rings (SSSR count). The van der Waals surface area contributed by atoms with Crippen molar-refractivity contribution in [3.05, 3.63) is 21.7 Å². The molecule has 0 radical (unpaired) electrons. The minimum Gasteiger partial charge on any atom is -0.454 e. The van der Waals surface area contributed by atoms with Gasteiger partial charge in [0.2, 0.25) is 0 Å². The van der Waals surface area contributed by atoms with Crippen molar-refractivity contribution in [2.75, 3.05) is 33.5 Å². The Labute approximate surface area is 116 Å². The van der Waals surface area contributed by atoms with E-state index in [1.807, 2.05) is 12.1 Å². The van der Waals surface area contributed by atoms with Crippen LogP contribution in [-0.2, 0) is 16.0 Å². The van der Waals surface area contributed by atoms with Gasteiger partial charge in [0, 0.05) is 13.7 Å². The van der Waals surface area contributed by atoms with Gasteiger partial charge in [-0.15, -0.1) is 0 Å². The Morgan fingerprint density at radius 2 is 2.12 bits per heavy atom. The van der Waals surface area contributed by atoms with Crippen LogP contribution in [0.15, 0.2) is 16.5 Å². The van der Waals surface area contributed by atoms with Gasteiger partial charge in [-0.25, -0.2) is 0 Å². The van der Waals surface area contributed by atoms with Gasteiger partial charge in [0.15, 0.2) is 3.77 Å². The molecule has 0 aromatic carbocycles. The molecule has 1 heterocycles. The van der Waals surface area contributed by atoms with Gasteiger partial charge in [0.1, 0.15) is 5.76 Å². The lowest BCUT2D eigenvalue weighted by molar-refractivity contribution is 0.0688. The first-order valence-electron chi connectivity index (χ1n) is 5.84. The lowest BCUT2D eigenvalue weighted by atomic mass is 10.3. The summed E-state index contributed by atoms with van der Waals surface area (Å²) in [5.41, 5.74) is 0. The standard InChI is InChI=1S/C12H20INO3/c1-15-8-9-16-7-3-2-6-14-10-11-4-5-12(13)17-11/h4-5,14H,2-3,6-10H2,1H3. The lowest BCUT2D eigenvalue weighted by Crippen LogP contribution is -2.15. The summed E-state index contributed by atoms with van der Waals surface area (Å²) in [7, 11) is 1.68. The van der Waals surface area contributed by atoms with Crippen LogP contribution in [0.5, 0.6) is 0 Å². The molecule has 0 spiro atoms. The van der Waals surface area contributed by atoms with Gasteiger partial charge in [-0.3, -0.25) is 0 Å². The molecule has 98 valence electrons. The first-order valence-corrected chi connectivity index (χ1v) is 6.92. The van der Waals surface area contributed by atoms with Crippen molar-refractivity contribution in [3.63, 3.8) is 0 Å². The smallest absolute Gasteiger partial charge is 0.164 e. The quantitative estimate of drug-likeness (QED) is 0.518. The number of hydrogen-bond acceptors (Lipinski definition) is 4. The first-order chi connectivity index (χ1) is 8.33. The summed E-state index contributed by atoms with van der Waals surface area (Å²) in [5, 5.41) is 3.34. The van der Waals surface area contributed by atoms with Crippen molar-refractivity contribution in [2.24, 2.45) is 0 Å². The molecule has 17 heavy (non-hydrogen) atoms. The predicted molar refractivity (Wildman–Crippen MR) is 75.1 cm³/mol. The molecule has 0 saturated heterocycles. The monoisotopic (exact) mass is 353 g/mol. The maximum atomic E-state index is 5.44. The van der Waals surface area contributed by atoms with Crippen molar-refractivity contribution in [1.82, 2.24) is 5.32 Å². The predicted octanol–water partition coefficient (Wildman–Crippen LogP) is 2.42. The Kier molecular flexibility index (Phi) is 8.68. The maximum Gasteiger partial charge on any atom is 0.164 e. The van der Waals surface area contributed by atoms with Crippen LogP contribution in [0.25, 0.3) is 0 Å². The van der Waals surface area contributed by atoms with Crippen molar-refractivity contribution < 1.29 is 13.9 Å². The van der Waals surface area contributed by atoms with E-state index in [-0.39, 0.29) is 0 Å². The number of nitrogens with one attached hydrogen (secondary N) is 1. The third kappa shape index (κ3) is 7.75. The van der Waals surface area contributed by atoms with Gasteiger partial charge < -0.3 is 19.2 Å². The molecule has 0 saturated carbocycles. The van der Waals surface area contributed by atoms with Crippen LogP contribution in [0.1, 0.15) is 18.6 Å². The van der Waals surface area contributed by atoms with E-state index < -0.39 is 0 Å². The molecule has 5 heteroatoms. The van der Waals surface area contributed by atoms with E-state index in [1.54, 1.807) is 7.11 Å². The highest BCUT2D eigenvalue weighted by Crippen LogP contribution is 2.09. The lowest BCUT2D eigenvalue weighted by Gasteiger charge is -2.04. The number of methoxy groups -OCH3 is 1. The van der Waals surface area contributed by atoms with Crippen LogP contribution < -0.4 is 5.32 Å². The van der Waals surface area contributed by atoms with Gasteiger partial charge in [-0.05, 0) is 54.1 Å². The van der Waals surface area contributed by atoms with Gasteiger partial charge >= 0.3 is 0 Å². The second-order valence-electron chi connectivity index (χ2n) is 3.69. The summed E-state index contributed by atoms with van der Waals surface area (Å²) in [6.07, 6.45) is 2.19. The van der Waals surface area contributed by atoms with E-state index >= 15 is 0 Å². The molecule has 1 aromatic rings. The fraction of sp³-hybridized carbons (Fsp3) is 0.667. The molecule has 0 aliphatic heterocycles. The topological polar surface area (TPSA) is 43.6 Å². The third-order valence-electron chi connectivity index (χ3n) is 2.25. The highest BCUT2D eigenvalue weighted by Gasteiger charge is 1.98. The van der Waals surface area contributed by atoms with Crippen LogP contribution in [0.2, 0.25) is 0 Å². The van der Waals surface area contributed by atoms with E-state index in [2.05, 4.69) is 27.9 Å². The second kappa shape index (κ2) is 9.87. The van der Waals surface area contributed by atoms with Crippen molar-refractivity contribution in [3.8, 4) is 0 Å². The normalized spacial score (nSPS) is 10.9. The van der Waals surface area contributed by atoms with Crippen LogP contribution >= 0.6 is 22.6 Å². The Bertz CT molecular complexity index is 291. The average molecular weight is 353 g/mol. The van der Waals surface area contributed by atoms with Crippen molar-refractivity contribution in [2.45, 2.75) is 19.4 Å². The molecule has 0 amide bonds. The highest BCUT2D eigenvalue weighted by atomic mass is 127. The molecule has 4 nitrogen and oxygen atoms in total. The van der Waals surface area contributed by atoms with Crippen LogP contribution in [0.3, 0.4) is 0 Å². The second-order valence-corrected chi connectivity index (χ2v) is 4.76. The molecule has 1 N–H and O–H groups in total. The first kappa shape index (κ1) is 14.9. The Balaban J connectivity index is 1.84. The number of hydrogen-bond donors (Lipinski definition) is 1. The van der Waals surface area contributed by atoms with Gasteiger partial charge in [-0.1, -0.05) is 0 Å². The minimum atomic E-state index is 0.676. The Hall–Kier alpha value is -0.110. The number of rotatable bonds is 10. The van der Waals surface area contributed by atoms with E-state index in [0.717, 1.165) is 42.1 Å². The molecule has 1 aromatic heterocycles. The number of halogens is 1. The van der Waals surface area contributed by atoms with Crippen LogP contribution in [0, 0.1) is 3.77 Å². The SMILES string of the molecule is COCCOCCCCNCc1ccc(I)o1. The Morgan fingerprint density at radius 3 is 2.82 bits per heavy atom. The fourth-order valence-corrected chi connectivity index (χ4v) is 1.82. The third-order valence-corrected chi connectivity index (χ3v) is 2.83. The molecular weight excluding hydrogens is 333 g/mol. The summed E-state index contributed by atoms with van der Waals surface area (Å²) in [5.74, 6) is 0.991. The number of unbranched alkanes of at least 4 members (excludes halogenated alkanes) is 1. The largest absolute Gasteiger partial charge is 0.454 e. The zero-order valence-electron chi connectivity index (χ0n) is 10.2. The molecule has 0 aliphatic carbocycles. The zero-order chi connectivity index (χ0) is 12.3. The summed E-state index contributed by atoms with van der Waals surface area (Å²) < 4.78 is 16.6. The van der Waals surface area contributed by atoms with Gasteiger partial charge in [-0.2, -0.15) is 0 Å². The molecule has 0 unspecified atom stereocenters. The maximum absolute atomic E-state index is 5.44. The summed E-state index contributed by atoms with van der Waals surface area (Å²) in [4.78, 5) is 0. The minimum absolute atomic E-state index is 0.676. The van der Waals surface area contributed by atoms with E-state index in [0.29, 0.717) is 13.2 Å². The van der Waals surface area contributed by atoms with E-state index in [4.69, 9.17) is 13.9 Å². The Morgan fingerprint density at radius 1 is 1.24 bits per heavy atom. The summed E-state index contributed by atoms with van der Waals surface area (Å²) in [6.45, 7) is 3.96. The average Bonchev–Trinajstić information content (AvgIpc) is 2.73. The molecule has 0 atom stereocenters.